The summed E-state index contributed by atoms with van der Waals surface area (Å²) in [5.41, 5.74) is 3.61. The third-order valence-corrected chi connectivity index (χ3v) is 6.30. The lowest BCUT2D eigenvalue weighted by Gasteiger charge is -2.37. The molecule has 2 heterocycles. The van der Waals surface area contributed by atoms with Crippen LogP contribution in [-0.2, 0) is 17.9 Å². The number of likely N-dealkylation sites (tertiary alicyclic amines) is 1. The van der Waals surface area contributed by atoms with Gasteiger partial charge in [0.1, 0.15) is 5.75 Å². The Labute approximate surface area is 190 Å². The van der Waals surface area contributed by atoms with Gasteiger partial charge in [-0.2, -0.15) is 0 Å². The molecule has 0 aliphatic carbocycles. The molecule has 170 valence electrons. The Bertz CT molecular complexity index is 953. The van der Waals surface area contributed by atoms with Crippen molar-refractivity contribution in [3.63, 3.8) is 0 Å². The minimum absolute atomic E-state index is 0.262. The van der Waals surface area contributed by atoms with E-state index in [4.69, 9.17) is 4.74 Å². The first-order chi connectivity index (χ1) is 15.7. The Kier molecular flexibility index (Phi) is 7.14. The highest BCUT2D eigenvalue weighted by Crippen LogP contribution is 2.22. The van der Waals surface area contributed by atoms with E-state index in [1.54, 1.807) is 7.11 Å². The lowest BCUT2D eigenvalue weighted by Crippen LogP contribution is -2.52. The maximum Gasteiger partial charge on any atom is 0.222 e. The van der Waals surface area contributed by atoms with Crippen molar-refractivity contribution in [3.05, 3.63) is 59.7 Å². The molecule has 0 atom stereocenters. The fourth-order valence-corrected chi connectivity index (χ4v) is 4.45. The Morgan fingerprint density at radius 2 is 1.81 bits per heavy atom. The van der Waals surface area contributed by atoms with Crippen molar-refractivity contribution in [2.45, 2.75) is 25.9 Å². The van der Waals surface area contributed by atoms with E-state index in [-0.39, 0.29) is 5.91 Å². The van der Waals surface area contributed by atoms with E-state index in [0.29, 0.717) is 19.5 Å². The summed E-state index contributed by atoms with van der Waals surface area (Å²) >= 11 is 0. The molecule has 0 aromatic heterocycles. The lowest BCUT2D eigenvalue weighted by molar-refractivity contribution is -0.128. The highest BCUT2D eigenvalue weighted by atomic mass is 16.5. The molecule has 2 saturated heterocycles. The molecular formula is C25H33N5O2. The number of anilines is 1. The standard InChI is InChI=1S/C25H33N5O2/c1-26-25(29-15-13-28(14-16-29)22-9-5-10-23(17-22)32-2)27-18-20-7-3-4-8-21(20)19-30-12-6-11-24(30)31/h3-5,7-10,17H,6,11-16,18-19H2,1-2H3,(H,26,27). The molecule has 0 unspecified atom stereocenters. The van der Waals surface area contributed by atoms with Crippen molar-refractivity contribution < 1.29 is 9.53 Å². The predicted octanol–water partition coefficient (Wildman–Crippen LogP) is 2.72. The number of carbonyl (C=O) groups excluding carboxylic acids is 1. The number of ether oxygens (including phenoxy) is 1. The van der Waals surface area contributed by atoms with Crippen molar-refractivity contribution in [2.75, 3.05) is 51.8 Å². The molecular weight excluding hydrogens is 402 g/mol. The summed E-state index contributed by atoms with van der Waals surface area (Å²) in [4.78, 5) is 23.2. The van der Waals surface area contributed by atoms with Gasteiger partial charge in [-0.15, -0.1) is 0 Å². The van der Waals surface area contributed by atoms with E-state index in [1.165, 1.54) is 16.8 Å². The van der Waals surface area contributed by atoms with Gasteiger partial charge in [-0.3, -0.25) is 9.79 Å². The first-order valence-electron chi connectivity index (χ1n) is 11.4. The predicted molar refractivity (Wildman–Crippen MR) is 128 cm³/mol. The fourth-order valence-electron chi connectivity index (χ4n) is 4.45. The van der Waals surface area contributed by atoms with E-state index in [2.05, 4.69) is 50.4 Å². The molecule has 2 fully saturated rings. The Balaban J connectivity index is 1.33. The average Bonchev–Trinajstić information content (AvgIpc) is 3.25. The van der Waals surface area contributed by atoms with E-state index in [0.717, 1.165) is 50.9 Å². The van der Waals surface area contributed by atoms with E-state index in [9.17, 15) is 4.79 Å². The van der Waals surface area contributed by atoms with E-state index >= 15 is 0 Å². The van der Waals surface area contributed by atoms with Crippen LogP contribution >= 0.6 is 0 Å². The molecule has 2 aromatic carbocycles. The van der Waals surface area contributed by atoms with Gasteiger partial charge in [0.25, 0.3) is 0 Å². The van der Waals surface area contributed by atoms with Crippen LogP contribution in [-0.4, -0.2) is 68.5 Å². The van der Waals surface area contributed by atoms with Crippen molar-refractivity contribution in [1.29, 1.82) is 0 Å². The largest absolute Gasteiger partial charge is 0.497 e. The third-order valence-electron chi connectivity index (χ3n) is 6.30. The molecule has 4 rings (SSSR count). The summed E-state index contributed by atoms with van der Waals surface area (Å²) in [6.45, 7) is 5.92. The van der Waals surface area contributed by atoms with Crippen molar-refractivity contribution >= 4 is 17.6 Å². The molecule has 2 aromatic rings. The monoisotopic (exact) mass is 435 g/mol. The van der Waals surface area contributed by atoms with Gasteiger partial charge in [0.05, 0.1) is 7.11 Å². The fraction of sp³-hybridized carbons (Fsp3) is 0.440. The minimum Gasteiger partial charge on any atom is -0.497 e. The van der Waals surface area contributed by atoms with Gasteiger partial charge in [-0.25, -0.2) is 0 Å². The Morgan fingerprint density at radius 3 is 2.50 bits per heavy atom. The van der Waals surface area contributed by atoms with Crippen LogP contribution in [0.5, 0.6) is 5.75 Å². The summed E-state index contributed by atoms with van der Waals surface area (Å²) in [5.74, 6) is 2.07. The van der Waals surface area contributed by atoms with Crippen LogP contribution < -0.4 is 15.0 Å². The van der Waals surface area contributed by atoms with Gasteiger partial charge in [-0.05, 0) is 29.7 Å². The van der Waals surface area contributed by atoms with Crippen LogP contribution in [0, 0.1) is 0 Å². The zero-order chi connectivity index (χ0) is 22.3. The SMILES string of the molecule is CN=C(NCc1ccccc1CN1CCCC1=O)N1CCN(c2cccc(OC)c2)CC1. The highest BCUT2D eigenvalue weighted by molar-refractivity contribution is 5.80. The topological polar surface area (TPSA) is 60.4 Å². The number of aliphatic imine (C=N–C) groups is 1. The summed E-state index contributed by atoms with van der Waals surface area (Å²) in [7, 11) is 3.54. The zero-order valence-electron chi connectivity index (χ0n) is 19.1. The van der Waals surface area contributed by atoms with E-state index in [1.807, 2.05) is 30.1 Å². The number of benzene rings is 2. The number of piperazine rings is 1. The van der Waals surface area contributed by atoms with E-state index < -0.39 is 0 Å². The summed E-state index contributed by atoms with van der Waals surface area (Å²) < 4.78 is 5.37. The Hall–Kier alpha value is -3.22. The molecule has 0 spiro atoms. The number of carbonyl (C=O) groups is 1. The van der Waals surface area contributed by atoms with Crippen LogP contribution in [0.4, 0.5) is 5.69 Å². The second kappa shape index (κ2) is 10.4. The number of methoxy groups -OCH3 is 1. The number of nitrogens with one attached hydrogen (secondary N) is 1. The van der Waals surface area contributed by atoms with Crippen molar-refractivity contribution in [1.82, 2.24) is 15.1 Å². The van der Waals surface area contributed by atoms with Crippen LogP contribution in [0.15, 0.2) is 53.5 Å². The quantitative estimate of drug-likeness (QED) is 0.559. The third kappa shape index (κ3) is 5.15. The zero-order valence-corrected chi connectivity index (χ0v) is 19.1. The number of guanidine groups is 1. The first kappa shape index (κ1) is 22.0. The number of hydrogen-bond donors (Lipinski definition) is 1. The molecule has 7 heteroatoms. The number of rotatable bonds is 6. The highest BCUT2D eigenvalue weighted by Gasteiger charge is 2.22. The number of nitrogens with zero attached hydrogens (tertiary/aromatic N) is 4. The number of amides is 1. The van der Waals surface area contributed by atoms with Gasteiger partial charge in [0.15, 0.2) is 5.96 Å². The number of hydrogen-bond acceptors (Lipinski definition) is 4. The summed E-state index contributed by atoms with van der Waals surface area (Å²) in [5, 5.41) is 3.54. The molecule has 32 heavy (non-hydrogen) atoms. The maximum atomic E-state index is 12.0. The second-order valence-electron chi connectivity index (χ2n) is 8.26. The van der Waals surface area contributed by atoms with Gasteiger partial charge >= 0.3 is 0 Å². The Morgan fingerprint density at radius 1 is 1.03 bits per heavy atom. The molecule has 2 aliphatic rings. The van der Waals surface area contributed by atoms with Crippen LogP contribution in [0.2, 0.25) is 0 Å². The molecule has 2 aliphatic heterocycles. The van der Waals surface area contributed by atoms with Crippen LogP contribution in [0.1, 0.15) is 24.0 Å². The first-order valence-corrected chi connectivity index (χ1v) is 11.4. The summed E-state index contributed by atoms with van der Waals surface area (Å²) in [6, 6.07) is 16.6. The van der Waals surface area contributed by atoms with Gasteiger partial charge in [-0.1, -0.05) is 30.3 Å². The molecule has 0 bridgehead atoms. The molecule has 0 radical (unpaired) electrons. The van der Waals surface area contributed by atoms with Gasteiger partial charge in [0.2, 0.25) is 5.91 Å². The van der Waals surface area contributed by atoms with Gasteiger partial charge < -0.3 is 24.8 Å². The average molecular weight is 436 g/mol. The van der Waals surface area contributed by atoms with Crippen molar-refractivity contribution in [2.24, 2.45) is 4.99 Å². The molecule has 1 amide bonds. The van der Waals surface area contributed by atoms with Crippen LogP contribution in [0.25, 0.3) is 0 Å². The second-order valence-corrected chi connectivity index (χ2v) is 8.26. The lowest BCUT2D eigenvalue weighted by atomic mass is 10.1. The van der Waals surface area contributed by atoms with Crippen molar-refractivity contribution in [3.8, 4) is 5.75 Å². The molecule has 1 N–H and O–H groups in total. The maximum absolute atomic E-state index is 12.0. The minimum atomic E-state index is 0.262. The smallest absolute Gasteiger partial charge is 0.222 e. The normalized spacial score (nSPS) is 17.1. The molecule has 0 saturated carbocycles. The van der Waals surface area contributed by atoms with Crippen LogP contribution in [0.3, 0.4) is 0 Å². The van der Waals surface area contributed by atoms with Gasteiger partial charge in [0, 0.05) is 71.0 Å². The molecule has 7 nitrogen and oxygen atoms in total. The summed E-state index contributed by atoms with van der Waals surface area (Å²) in [6.07, 6.45) is 1.64.